The van der Waals surface area contributed by atoms with Crippen molar-refractivity contribution in [1.29, 1.82) is 0 Å². The molecule has 0 spiro atoms. The molecule has 0 bridgehead atoms. The highest BCUT2D eigenvalue weighted by atomic mass is 16.7. The third-order valence-corrected chi connectivity index (χ3v) is 5.18. The fraction of sp³-hybridized carbons (Fsp3) is 1.00. The van der Waals surface area contributed by atoms with Gasteiger partial charge in [-0.15, -0.1) is 0 Å². The minimum absolute atomic E-state index is 0.111. The van der Waals surface area contributed by atoms with Gasteiger partial charge in [0.25, 0.3) is 0 Å². The zero-order valence-electron chi connectivity index (χ0n) is 13.6. The summed E-state index contributed by atoms with van der Waals surface area (Å²) in [4.78, 5) is 0. The lowest BCUT2D eigenvalue weighted by Crippen LogP contribution is -2.38. The van der Waals surface area contributed by atoms with E-state index in [1.165, 1.54) is 64.2 Å². The van der Waals surface area contributed by atoms with E-state index in [9.17, 15) is 0 Å². The van der Waals surface area contributed by atoms with Crippen molar-refractivity contribution in [3.05, 3.63) is 0 Å². The summed E-state index contributed by atoms with van der Waals surface area (Å²) in [6.07, 6.45) is 13.7. The summed E-state index contributed by atoms with van der Waals surface area (Å²) in [6.45, 7) is 6.39. The Labute approximate surface area is 125 Å². The van der Waals surface area contributed by atoms with E-state index < -0.39 is 0 Å². The summed E-state index contributed by atoms with van der Waals surface area (Å²) < 4.78 is 12.0. The van der Waals surface area contributed by atoms with Crippen LogP contribution in [0, 0.1) is 17.8 Å². The van der Waals surface area contributed by atoms with Crippen molar-refractivity contribution in [2.75, 3.05) is 13.2 Å². The molecule has 0 aromatic carbocycles. The van der Waals surface area contributed by atoms with Gasteiger partial charge in [-0.1, -0.05) is 46.0 Å². The molecule has 1 aliphatic carbocycles. The van der Waals surface area contributed by atoms with E-state index in [1.807, 2.05) is 0 Å². The van der Waals surface area contributed by atoms with Crippen molar-refractivity contribution in [2.24, 2.45) is 17.8 Å². The molecule has 0 atom stereocenters. The van der Waals surface area contributed by atoms with Crippen LogP contribution in [-0.2, 0) is 9.47 Å². The summed E-state index contributed by atoms with van der Waals surface area (Å²) in [5.41, 5.74) is 0. The van der Waals surface area contributed by atoms with Crippen LogP contribution < -0.4 is 0 Å². The van der Waals surface area contributed by atoms with Crippen molar-refractivity contribution in [2.45, 2.75) is 84.3 Å². The topological polar surface area (TPSA) is 18.5 Å². The van der Waals surface area contributed by atoms with Gasteiger partial charge in [0.1, 0.15) is 0 Å². The first-order valence-corrected chi connectivity index (χ1v) is 9.06. The lowest BCUT2D eigenvalue weighted by molar-refractivity contribution is -0.230. The van der Waals surface area contributed by atoms with Crippen molar-refractivity contribution < 1.29 is 9.47 Å². The maximum Gasteiger partial charge on any atom is 0.160 e. The molecular formula is C18H34O2. The largest absolute Gasteiger partial charge is 0.352 e. The lowest BCUT2D eigenvalue weighted by Gasteiger charge is -2.37. The predicted molar refractivity (Wildman–Crippen MR) is 83.7 cm³/mol. The summed E-state index contributed by atoms with van der Waals surface area (Å²) in [5, 5.41) is 0. The Morgan fingerprint density at radius 1 is 0.750 bits per heavy atom. The van der Waals surface area contributed by atoms with E-state index in [4.69, 9.17) is 9.47 Å². The second-order valence-corrected chi connectivity index (χ2v) is 6.97. The Morgan fingerprint density at radius 2 is 1.45 bits per heavy atom. The average molecular weight is 282 g/mol. The molecule has 1 saturated heterocycles. The molecule has 1 heterocycles. The molecule has 0 amide bonds. The van der Waals surface area contributed by atoms with Gasteiger partial charge in [-0.3, -0.25) is 0 Å². The van der Waals surface area contributed by atoms with Crippen molar-refractivity contribution in [1.82, 2.24) is 0 Å². The molecular weight excluding hydrogens is 248 g/mol. The van der Waals surface area contributed by atoms with Gasteiger partial charge in [0.2, 0.25) is 0 Å². The minimum atomic E-state index is 0.111. The van der Waals surface area contributed by atoms with Crippen LogP contribution in [0.25, 0.3) is 0 Å². The first kappa shape index (κ1) is 16.3. The first-order chi connectivity index (χ1) is 9.83. The maximum atomic E-state index is 5.99. The predicted octanol–water partition coefficient (Wildman–Crippen LogP) is 5.16. The zero-order valence-corrected chi connectivity index (χ0v) is 13.6. The zero-order chi connectivity index (χ0) is 14.2. The van der Waals surface area contributed by atoms with Crippen LogP contribution in [0.3, 0.4) is 0 Å². The van der Waals surface area contributed by atoms with E-state index in [2.05, 4.69) is 13.8 Å². The third kappa shape index (κ3) is 5.04. The highest BCUT2D eigenvalue weighted by Gasteiger charge is 2.32. The second-order valence-electron chi connectivity index (χ2n) is 6.97. The number of hydrogen-bond donors (Lipinski definition) is 0. The van der Waals surface area contributed by atoms with Gasteiger partial charge in [0.15, 0.2) is 6.29 Å². The fourth-order valence-corrected chi connectivity index (χ4v) is 3.84. The van der Waals surface area contributed by atoms with Gasteiger partial charge in [-0.05, 0) is 38.0 Å². The van der Waals surface area contributed by atoms with E-state index in [-0.39, 0.29) is 6.29 Å². The molecule has 2 aliphatic rings. The molecule has 20 heavy (non-hydrogen) atoms. The van der Waals surface area contributed by atoms with Crippen LogP contribution in [0.15, 0.2) is 0 Å². The Kier molecular flexibility index (Phi) is 7.37. The average Bonchev–Trinajstić information content (AvgIpc) is 2.49. The van der Waals surface area contributed by atoms with Crippen LogP contribution in [0.2, 0.25) is 0 Å². The molecule has 2 heteroatoms. The van der Waals surface area contributed by atoms with Crippen molar-refractivity contribution in [3.8, 4) is 0 Å². The Hall–Kier alpha value is -0.0800. The second kappa shape index (κ2) is 9.04. The van der Waals surface area contributed by atoms with Gasteiger partial charge < -0.3 is 9.47 Å². The number of ether oxygens (including phenoxy) is 2. The fourth-order valence-electron chi connectivity index (χ4n) is 3.84. The highest BCUT2D eigenvalue weighted by molar-refractivity contribution is 4.77. The van der Waals surface area contributed by atoms with Gasteiger partial charge in [0, 0.05) is 11.8 Å². The van der Waals surface area contributed by atoms with E-state index in [1.54, 1.807) is 0 Å². The third-order valence-electron chi connectivity index (χ3n) is 5.18. The van der Waals surface area contributed by atoms with E-state index in [0.717, 1.165) is 19.1 Å². The van der Waals surface area contributed by atoms with Gasteiger partial charge in [0.05, 0.1) is 13.2 Å². The van der Waals surface area contributed by atoms with Crippen LogP contribution in [0.1, 0.15) is 78.1 Å². The molecule has 2 fully saturated rings. The Morgan fingerprint density at radius 3 is 2.05 bits per heavy atom. The Balaban J connectivity index is 1.62. The molecule has 1 aliphatic heterocycles. The summed E-state index contributed by atoms with van der Waals surface area (Å²) in [6, 6.07) is 0. The summed E-state index contributed by atoms with van der Waals surface area (Å²) in [5.74, 6) is 2.29. The molecule has 0 unspecified atom stereocenters. The van der Waals surface area contributed by atoms with Crippen LogP contribution in [-0.4, -0.2) is 19.5 Å². The van der Waals surface area contributed by atoms with Gasteiger partial charge >= 0.3 is 0 Å². The molecule has 0 aromatic heterocycles. The highest BCUT2D eigenvalue weighted by Crippen LogP contribution is 2.36. The summed E-state index contributed by atoms with van der Waals surface area (Å²) in [7, 11) is 0. The molecule has 118 valence electrons. The minimum Gasteiger partial charge on any atom is -0.352 e. The number of unbranched alkanes of at least 4 members (excludes halogenated alkanes) is 2. The van der Waals surface area contributed by atoms with Gasteiger partial charge in [-0.2, -0.15) is 0 Å². The molecule has 0 aromatic rings. The van der Waals surface area contributed by atoms with Crippen molar-refractivity contribution in [3.63, 3.8) is 0 Å². The number of hydrogen-bond acceptors (Lipinski definition) is 2. The van der Waals surface area contributed by atoms with Crippen LogP contribution >= 0.6 is 0 Å². The Bertz CT molecular complexity index is 238. The SMILES string of the molecule is CCCCCC1CCC(C2OCC(CCC)CO2)CC1. The normalized spacial score (nSPS) is 35.1. The van der Waals surface area contributed by atoms with E-state index >= 15 is 0 Å². The van der Waals surface area contributed by atoms with Gasteiger partial charge in [-0.25, -0.2) is 0 Å². The maximum absolute atomic E-state index is 5.99. The summed E-state index contributed by atoms with van der Waals surface area (Å²) >= 11 is 0. The number of rotatable bonds is 7. The van der Waals surface area contributed by atoms with Crippen LogP contribution in [0.4, 0.5) is 0 Å². The monoisotopic (exact) mass is 282 g/mol. The lowest BCUT2D eigenvalue weighted by atomic mass is 9.79. The molecule has 1 saturated carbocycles. The van der Waals surface area contributed by atoms with E-state index in [0.29, 0.717) is 11.8 Å². The van der Waals surface area contributed by atoms with Crippen LogP contribution in [0.5, 0.6) is 0 Å². The molecule has 0 radical (unpaired) electrons. The standard InChI is InChI=1S/C18H34O2/c1-3-5-6-8-15-9-11-17(12-10-15)18-19-13-16(7-4-2)14-20-18/h15-18H,3-14H2,1-2H3. The van der Waals surface area contributed by atoms with Crippen molar-refractivity contribution >= 4 is 0 Å². The molecule has 2 nitrogen and oxygen atoms in total. The first-order valence-electron chi connectivity index (χ1n) is 9.06. The molecule has 2 rings (SSSR count). The molecule has 0 N–H and O–H groups in total. The quantitative estimate of drug-likeness (QED) is 0.600. The smallest absolute Gasteiger partial charge is 0.160 e.